The lowest BCUT2D eigenvalue weighted by atomic mass is 9.64. The van der Waals surface area contributed by atoms with E-state index in [1.54, 1.807) is 13.8 Å². The quantitative estimate of drug-likeness (QED) is 0.0706. The summed E-state index contributed by atoms with van der Waals surface area (Å²) in [5, 5.41) is 0. The molecular weight excluding hydrogens is 488 g/mol. The van der Waals surface area contributed by atoms with Crippen LogP contribution in [0.2, 0.25) is 0 Å². The summed E-state index contributed by atoms with van der Waals surface area (Å²) in [6.07, 6.45) is 39.1. The molecule has 0 amide bonds. The highest BCUT2D eigenvalue weighted by Gasteiger charge is 2.34. The van der Waals surface area contributed by atoms with E-state index in [2.05, 4.69) is 26.0 Å². The molecule has 0 saturated heterocycles. The maximum Gasteiger partial charge on any atom is 0.129 e. The Balaban J connectivity index is 2.69. The average Bonchev–Trinajstić information content (AvgIpc) is 2.92. The SMILES string of the molecule is CCCCCCCCC1C(CCCCCCCCC(C)=O)C=CC(CCCCC)C1CCCCCCCC(C)=O. The third kappa shape index (κ3) is 19.2. The van der Waals surface area contributed by atoms with Crippen molar-refractivity contribution >= 4 is 11.6 Å². The van der Waals surface area contributed by atoms with Gasteiger partial charge in [-0.25, -0.2) is 0 Å². The van der Waals surface area contributed by atoms with E-state index in [1.807, 2.05) is 0 Å². The topological polar surface area (TPSA) is 34.1 Å². The summed E-state index contributed by atoms with van der Waals surface area (Å²) in [6, 6.07) is 0. The highest BCUT2D eigenvalue weighted by atomic mass is 16.1. The molecule has 0 fully saturated rings. The van der Waals surface area contributed by atoms with Gasteiger partial charge in [0.25, 0.3) is 0 Å². The largest absolute Gasteiger partial charge is 0.300 e. The number of carbonyl (C=O) groups is 2. The summed E-state index contributed by atoms with van der Waals surface area (Å²) < 4.78 is 0. The molecule has 2 nitrogen and oxygen atoms in total. The summed E-state index contributed by atoms with van der Waals surface area (Å²) in [5.74, 6) is 4.04. The van der Waals surface area contributed by atoms with Crippen molar-refractivity contribution in [2.45, 2.75) is 195 Å². The van der Waals surface area contributed by atoms with E-state index in [1.165, 1.54) is 141 Å². The Bertz CT molecular complexity index is 635. The first-order valence-corrected chi connectivity index (χ1v) is 18.2. The standard InChI is InChI=1S/C38H70O2/c1-5-7-9-10-17-23-29-38-36(28-22-16-12-11-14-20-25-33(3)39)32-31-35(27-19-8-6-2)37(38)30-24-18-13-15-21-26-34(4)40/h31-32,35-38H,5-30H2,1-4H3. The van der Waals surface area contributed by atoms with E-state index in [9.17, 15) is 9.59 Å². The van der Waals surface area contributed by atoms with E-state index in [0.717, 1.165) is 49.4 Å². The summed E-state index contributed by atoms with van der Waals surface area (Å²) >= 11 is 0. The van der Waals surface area contributed by atoms with Crippen LogP contribution in [0.3, 0.4) is 0 Å². The molecule has 0 aromatic heterocycles. The highest BCUT2D eigenvalue weighted by Crippen LogP contribution is 2.44. The third-order valence-electron chi connectivity index (χ3n) is 9.67. The molecule has 0 aromatic carbocycles. The zero-order valence-corrected chi connectivity index (χ0v) is 27.7. The minimum absolute atomic E-state index is 0.344. The fourth-order valence-corrected chi connectivity index (χ4v) is 7.22. The summed E-state index contributed by atoms with van der Waals surface area (Å²) in [4.78, 5) is 22.4. The number of carbonyl (C=O) groups excluding carboxylic acids is 2. The lowest BCUT2D eigenvalue weighted by Gasteiger charge is -2.41. The normalized spacial score (nSPS) is 20.7. The molecule has 0 heterocycles. The van der Waals surface area contributed by atoms with Gasteiger partial charge in [0.15, 0.2) is 0 Å². The molecule has 0 aromatic rings. The Kier molecular flexibility index (Phi) is 23.9. The van der Waals surface area contributed by atoms with Gasteiger partial charge in [0, 0.05) is 12.8 Å². The van der Waals surface area contributed by atoms with Crippen LogP contribution in [0.4, 0.5) is 0 Å². The molecule has 1 rings (SSSR count). The molecule has 0 radical (unpaired) electrons. The van der Waals surface area contributed by atoms with Gasteiger partial charge in [-0.2, -0.15) is 0 Å². The minimum Gasteiger partial charge on any atom is -0.300 e. The second-order valence-corrected chi connectivity index (χ2v) is 13.5. The van der Waals surface area contributed by atoms with Crippen LogP contribution in [0, 0.1) is 23.7 Å². The van der Waals surface area contributed by atoms with Crippen LogP contribution >= 0.6 is 0 Å². The van der Waals surface area contributed by atoms with Gasteiger partial charge < -0.3 is 9.59 Å². The first kappa shape index (κ1) is 37.1. The number of unbranched alkanes of at least 4 members (excludes halogenated alkanes) is 16. The van der Waals surface area contributed by atoms with Crippen LogP contribution in [0.5, 0.6) is 0 Å². The Labute approximate surface area is 251 Å². The lowest BCUT2D eigenvalue weighted by Crippen LogP contribution is -2.32. The fourth-order valence-electron chi connectivity index (χ4n) is 7.22. The van der Waals surface area contributed by atoms with Gasteiger partial charge >= 0.3 is 0 Å². The predicted octanol–water partition coefficient (Wildman–Crippen LogP) is 12.4. The van der Waals surface area contributed by atoms with Gasteiger partial charge in [0.1, 0.15) is 11.6 Å². The lowest BCUT2D eigenvalue weighted by molar-refractivity contribution is -0.117. The molecule has 4 unspecified atom stereocenters. The summed E-state index contributed by atoms with van der Waals surface area (Å²) in [5.41, 5.74) is 0. The summed E-state index contributed by atoms with van der Waals surface area (Å²) in [6.45, 7) is 8.10. The third-order valence-corrected chi connectivity index (χ3v) is 9.67. The van der Waals surface area contributed by atoms with Gasteiger partial charge in [-0.05, 0) is 76.0 Å². The van der Waals surface area contributed by atoms with Crippen molar-refractivity contribution in [1.29, 1.82) is 0 Å². The number of allylic oxidation sites excluding steroid dienone is 2. The monoisotopic (exact) mass is 559 g/mol. The van der Waals surface area contributed by atoms with Gasteiger partial charge in [0.05, 0.1) is 0 Å². The summed E-state index contributed by atoms with van der Waals surface area (Å²) in [7, 11) is 0. The van der Waals surface area contributed by atoms with Crippen LogP contribution in [-0.2, 0) is 9.59 Å². The Morgan fingerprint density at radius 1 is 0.425 bits per heavy atom. The molecule has 0 aliphatic heterocycles. The number of Topliss-reactive ketones (excluding diaryl/α,β-unsaturated/α-hetero) is 2. The van der Waals surface area contributed by atoms with Crippen LogP contribution < -0.4 is 0 Å². The average molecular weight is 559 g/mol. The Hall–Kier alpha value is -0.920. The maximum atomic E-state index is 11.3. The van der Waals surface area contributed by atoms with Crippen molar-refractivity contribution in [3.63, 3.8) is 0 Å². The number of hydrogen-bond donors (Lipinski definition) is 0. The van der Waals surface area contributed by atoms with E-state index in [-0.39, 0.29) is 0 Å². The Morgan fingerprint density at radius 2 is 0.725 bits per heavy atom. The van der Waals surface area contributed by atoms with Crippen molar-refractivity contribution in [3.8, 4) is 0 Å². The molecule has 4 atom stereocenters. The Morgan fingerprint density at radius 3 is 1.12 bits per heavy atom. The van der Waals surface area contributed by atoms with Crippen molar-refractivity contribution in [2.24, 2.45) is 23.7 Å². The predicted molar refractivity (Wildman–Crippen MR) is 176 cm³/mol. The zero-order valence-electron chi connectivity index (χ0n) is 27.7. The number of ketones is 2. The maximum absolute atomic E-state index is 11.3. The first-order valence-electron chi connectivity index (χ1n) is 18.2. The molecule has 1 aliphatic rings. The van der Waals surface area contributed by atoms with Crippen LogP contribution in [0.1, 0.15) is 195 Å². The van der Waals surface area contributed by atoms with Gasteiger partial charge in [-0.15, -0.1) is 0 Å². The smallest absolute Gasteiger partial charge is 0.129 e. The van der Waals surface area contributed by atoms with E-state index in [0.29, 0.717) is 11.6 Å². The van der Waals surface area contributed by atoms with Crippen LogP contribution in [-0.4, -0.2) is 11.6 Å². The number of hydrogen-bond acceptors (Lipinski definition) is 2. The van der Waals surface area contributed by atoms with Gasteiger partial charge in [-0.3, -0.25) is 0 Å². The molecule has 0 saturated carbocycles. The van der Waals surface area contributed by atoms with Gasteiger partial charge in [-0.1, -0.05) is 142 Å². The molecule has 0 bridgehead atoms. The molecular formula is C38H70O2. The van der Waals surface area contributed by atoms with Crippen LogP contribution in [0.25, 0.3) is 0 Å². The first-order chi connectivity index (χ1) is 19.5. The van der Waals surface area contributed by atoms with E-state index < -0.39 is 0 Å². The minimum atomic E-state index is 0.344. The highest BCUT2D eigenvalue weighted by molar-refractivity contribution is 5.75. The number of rotatable bonds is 28. The molecule has 40 heavy (non-hydrogen) atoms. The van der Waals surface area contributed by atoms with Crippen molar-refractivity contribution < 1.29 is 9.59 Å². The molecule has 1 aliphatic carbocycles. The van der Waals surface area contributed by atoms with E-state index >= 15 is 0 Å². The van der Waals surface area contributed by atoms with Crippen molar-refractivity contribution in [3.05, 3.63) is 12.2 Å². The van der Waals surface area contributed by atoms with Gasteiger partial charge in [0.2, 0.25) is 0 Å². The second kappa shape index (κ2) is 25.8. The fraction of sp³-hybridized carbons (Fsp3) is 0.895. The van der Waals surface area contributed by atoms with E-state index in [4.69, 9.17) is 0 Å². The molecule has 0 spiro atoms. The van der Waals surface area contributed by atoms with Crippen molar-refractivity contribution in [2.75, 3.05) is 0 Å². The zero-order chi connectivity index (χ0) is 29.3. The molecule has 2 heteroatoms. The second-order valence-electron chi connectivity index (χ2n) is 13.5. The molecule has 0 N–H and O–H groups in total. The molecule has 234 valence electrons. The van der Waals surface area contributed by atoms with Crippen LogP contribution in [0.15, 0.2) is 12.2 Å². The van der Waals surface area contributed by atoms with Crippen molar-refractivity contribution in [1.82, 2.24) is 0 Å².